The lowest BCUT2D eigenvalue weighted by Gasteiger charge is -2.06. The number of rotatable bonds is 6. The highest BCUT2D eigenvalue weighted by molar-refractivity contribution is 4.53. The molecule has 2 N–H and O–H groups in total. The minimum atomic E-state index is 0.695. The number of nitrogens with zero attached hydrogens (tertiary/aromatic N) is 1. The Morgan fingerprint density at radius 2 is 2.10 bits per heavy atom. The van der Waals surface area contributed by atoms with Crippen LogP contribution in [0.25, 0.3) is 0 Å². The molecule has 0 aromatic heterocycles. The Bertz CT molecular complexity index is 64.3. The summed E-state index contributed by atoms with van der Waals surface area (Å²) in [5.41, 5.74) is 5.28. The molecule has 0 aromatic carbocycles. The van der Waals surface area contributed by atoms with Gasteiger partial charge in [0.05, 0.1) is 0 Å². The third-order valence-electron chi connectivity index (χ3n) is 1.76. The van der Waals surface area contributed by atoms with E-state index in [4.69, 9.17) is 5.73 Å². The van der Waals surface area contributed by atoms with E-state index in [9.17, 15) is 0 Å². The smallest absolute Gasteiger partial charge is 0.0256 e. The molecule has 0 rings (SSSR count). The lowest BCUT2D eigenvalue weighted by molar-refractivity contribution is 0.487. The molecule has 0 heterocycles. The Labute approximate surface area is 64.2 Å². The molecule has 0 fully saturated rings. The van der Waals surface area contributed by atoms with Crippen LogP contribution >= 0.6 is 0 Å². The van der Waals surface area contributed by atoms with Crippen molar-refractivity contribution in [2.24, 2.45) is 11.7 Å². The Balaban J connectivity index is 2.89. The van der Waals surface area contributed by atoms with Gasteiger partial charge in [-0.15, -0.1) is 0 Å². The minimum Gasteiger partial charge on any atom is -0.329 e. The zero-order valence-electron chi connectivity index (χ0n) is 7.14. The van der Waals surface area contributed by atoms with Crippen molar-refractivity contribution in [2.45, 2.75) is 26.7 Å². The minimum absolute atomic E-state index is 0.695. The molecule has 0 saturated carbocycles. The number of nitrogens with two attached hydrogens (primary N) is 1. The standard InChI is InChI=1S/C8H19N2/c1-3-8(2)4-6-10-7-5-9/h8H,3-7,9H2,1-2H3. The number of hydrogen-bond acceptors (Lipinski definition) is 1. The van der Waals surface area contributed by atoms with Gasteiger partial charge in [-0.05, 0) is 12.3 Å². The Hall–Kier alpha value is -0.0800. The average Bonchev–Trinajstić information content (AvgIpc) is 1.98. The fourth-order valence-corrected chi connectivity index (χ4v) is 0.719. The van der Waals surface area contributed by atoms with E-state index in [2.05, 4.69) is 19.2 Å². The highest BCUT2D eigenvalue weighted by Crippen LogP contribution is 2.04. The summed E-state index contributed by atoms with van der Waals surface area (Å²) in [5, 5.41) is 4.25. The van der Waals surface area contributed by atoms with Crippen molar-refractivity contribution < 1.29 is 0 Å². The first kappa shape index (κ1) is 9.92. The summed E-state index contributed by atoms with van der Waals surface area (Å²) in [6, 6.07) is 0. The zero-order valence-corrected chi connectivity index (χ0v) is 7.14. The topological polar surface area (TPSA) is 40.1 Å². The van der Waals surface area contributed by atoms with Crippen LogP contribution in [0, 0.1) is 5.92 Å². The maximum absolute atomic E-state index is 5.28. The fourth-order valence-electron chi connectivity index (χ4n) is 0.719. The molecule has 1 atom stereocenters. The van der Waals surface area contributed by atoms with Gasteiger partial charge < -0.3 is 5.73 Å². The van der Waals surface area contributed by atoms with Crippen molar-refractivity contribution in [1.82, 2.24) is 5.32 Å². The molecule has 10 heavy (non-hydrogen) atoms. The molecular weight excluding hydrogens is 124 g/mol. The van der Waals surface area contributed by atoms with Gasteiger partial charge in [0.15, 0.2) is 0 Å². The van der Waals surface area contributed by atoms with Gasteiger partial charge in [-0.2, -0.15) is 0 Å². The summed E-state index contributed by atoms with van der Waals surface area (Å²) in [7, 11) is 0. The van der Waals surface area contributed by atoms with Crippen LogP contribution in [0.5, 0.6) is 0 Å². The van der Waals surface area contributed by atoms with Crippen LogP contribution in [0.15, 0.2) is 0 Å². The second kappa shape index (κ2) is 7.03. The van der Waals surface area contributed by atoms with Crippen LogP contribution in [0.2, 0.25) is 0 Å². The van der Waals surface area contributed by atoms with Crippen molar-refractivity contribution in [3.05, 3.63) is 0 Å². The Morgan fingerprint density at radius 1 is 1.40 bits per heavy atom. The van der Waals surface area contributed by atoms with Crippen LogP contribution < -0.4 is 11.1 Å². The van der Waals surface area contributed by atoms with Crippen LogP contribution in [0.3, 0.4) is 0 Å². The maximum Gasteiger partial charge on any atom is 0.0256 e. The number of hydrogen-bond donors (Lipinski definition) is 1. The van der Waals surface area contributed by atoms with Crippen molar-refractivity contribution in [1.29, 1.82) is 0 Å². The van der Waals surface area contributed by atoms with E-state index >= 15 is 0 Å². The second-order valence-corrected chi connectivity index (χ2v) is 2.76. The summed E-state index contributed by atoms with van der Waals surface area (Å²) < 4.78 is 0. The van der Waals surface area contributed by atoms with E-state index in [1.807, 2.05) is 0 Å². The molecule has 61 valence electrons. The quantitative estimate of drug-likeness (QED) is 0.553. The monoisotopic (exact) mass is 143 g/mol. The van der Waals surface area contributed by atoms with Gasteiger partial charge in [-0.25, -0.2) is 5.32 Å². The molecule has 0 aliphatic heterocycles. The molecule has 0 saturated heterocycles. The van der Waals surface area contributed by atoms with Gasteiger partial charge in [-0.1, -0.05) is 20.3 Å². The summed E-state index contributed by atoms with van der Waals surface area (Å²) in [6.07, 6.45) is 2.48. The highest BCUT2D eigenvalue weighted by Gasteiger charge is 1.96. The molecule has 0 bridgehead atoms. The predicted octanol–water partition coefficient (Wildman–Crippen LogP) is 0.986. The molecule has 0 aliphatic carbocycles. The van der Waals surface area contributed by atoms with Crippen molar-refractivity contribution in [3.63, 3.8) is 0 Å². The van der Waals surface area contributed by atoms with Crippen LogP contribution in [-0.2, 0) is 0 Å². The van der Waals surface area contributed by atoms with E-state index < -0.39 is 0 Å². The van der Waals surface area contributed by atoms with Crippen molar-refractivity contribution in [2.75, 3.05) is 19.6 Å². The van der Waals surface area contributed by atoms with Crippen molar-refractivity contribution >= 4 is 0 Å². The van der Waals surface area contributed by atoms with Gasteiger partial charge >= 0.3 is 0 Å². The first-order chi connectivity index (χ1) is 4.81. The van der Waals surface area contributed by atoms with E-state index in [1.165, 1.54) is 12.8 Å². The van der Waals surface area contributed by atoms with Crippen molar-refractivity contribution in [3.8, 4) is 0 Å². The fraction of sp³-hybridized carbons (Fsp3) is 1.00. The van der Waals surface area contributed by atoms with Gasteiger partial charge in [0.25, 0.3) is 0 Å². The summed E-state index contributed by atoms with van der Waals surface area (Å²) in [5.74, 6) is 0.821. The lowest BCUT2D eigenvalue weighted by Crippen LogP contribution is -2.18. The molecule has 0 amide bonds. The van der Waals surface area contributed by atoms with Gasteiger partial charge in [0, 0.05) is 19.6 Å². The molecule has 2 nitrogen and oxygen atoms in total. The molecule has 0 aromatic rings. The average molecular weight is 143 g/mol. The molecule has 0 aliphatic rings. The van der Waals surface area contributed by atoms with E-state index in [-0.39, 0.29) is 0 Å². The molecular formula is C8H19N2. The van der Waals surface area contributed by atoms with Crippen LogP contribution in [0.1, 0.15) is 26.7 Å². The van der Waals surface area contributed by atoms with Gasteiger partial charge in [0.1, 0.15) is 0 Å². The molecule has 2 heteroatoms. The maximum atomic E-state index is 5.28. The lowest BCUT2D eigenvalue weighted by atomic mass is 10.1. The molecule has 1 unspecified atom stereocenters. The summed E-state index contributed by atoms with van der Waals surface area (Å²) in [6.45, 7) is 6.99. The second-order valence-electron chi connectivity index (χ2n) is 2.76. The van der Waals surface area contributed by atoms with Gasteiger partial charge in [0.2, 0.25) is 0 Å². The zero-order chi connectivity index (χ0) is 7.82. The van der Waals surface area contributed by atoms with E-state index in [0.29, 0.717) is 6.54 Å². The largest absolute Gasteiger partial charge is 0.329 e. The van der Waals surface area contributed by atoms with Crippen LogP contribution in [0.4, 0.5) is 0 Å². The van der Waals surface area contributed by atoms with Crippen LogP contribution in [-0.4, -0.2) is 19.6 Å². The van der Waals surface area contributed by atoms with Gasteiger partial charge in [-0.3, -0.25) is 0 Å². The van der Waals surface area contributed by atoms with E-state index in [1.54, 1.807) is 0 Å². The summed E-state index contributed by atoms with van der Waals surface area (Å²) in [4.78, 5) is 0. The highest BCUT2D eigenvalue weighted by atomic mass is 14.9. The Morgan fingerprint density at radius 3 is 2.60 bits per heavy atom. The normalized spacial score (nSPS) is 13.5. The Kier molecular flexibility index (Phi) is 6.98. The molecule has 0 spiro atoms. The SMILES string of the molecule is CCC(C)CC[N]CCN. The summed E-state index contributed by atoms with van der Waals surface area (Å²) >= 11 is 0. The third kappa shape index (κ3) is 6.05. The predicted molar refractivity (Wildman–Crippen MR) is 45.0 cm³/mol. The third-order valence-corrected chi connectivity index (χ3v) is 1.76. The first-order valence-electron chi connectivity index (χ1n) is 4.14. The van der Waals surface area contributed by atoms with E-state index in [0.717, 1.165) is 19.0 Å². The first-order valence-corrected chi connectivity index (χ1v) is 4.14. The molecule has 1 radical (unpaired) electrons.